The van der Waals surface area contributed by atoms with Crippen molar-refractivity contribution in [3.8, 4) is 0 Å². The Morgan fingerprint density at radius 1 is 1.38 bits per heavy atom. The smallest absolute Gasteiger partial charge is 0.0500 e. The van der Waals surface area contributed by atoms with E-state index < -0.39 is 0 Å². The number of aliphatic hydroxyl groups excluding tert-OH is 1. The van der Waals surface area contributed by atoms with E-state index >= 15 is 0 Å². The number of aromatic nitrogens is 1. The van der Waals surface area contributed by atoms with Crippen LogP contribution in [0.15, 0.2) is 24.3 Å². The minimum atomic E-state index is 0.279. The highest BCUT2D eigenvalue weighted by atomic mass is 16.3. The van der Waals surface area contributed by atoms with Gasteiger partial charge < -0.3 is 9.67 Å². The Bertz CT molecular complexity index is 527. The standard InChI is InChI=1S/C14H17NO/c1-15-12-7-3-2-6-11(12)14-10(9-16)5-4-8-13(14)15/h2-3,6-7,10,16H,4-5,8-9H2,1H3. The summed E-state index contributed by atoms with van der Waals surface area (Å²) in [6, 6.07) is 8.53. The van der Waals surface area contributed by atoms with Crippen molar-refractivity contribution in [3.05, 3.63) is 35.5 Å². The second-order valence-corrected chi connectivity index (χ2v) is 4.71. The van der Waals surface area contributed by atoms with E-state index in [1.165, 1.54) is 28.6 Å². The highest BCUT2D eigenvalue weighted by Crippen LogP contribution is 2.38. The summed E-state index contributed by atoms with van der Waals surface area (Å²) in [5.41, 5.74) is 4.12. The van der Waals surface area contributed by atoms with Crippen LogP contribution in [0.5, 0.6) is 0 Å². The van der Waals surface area contributed by atoms with Crippen LogP contribution in [0.2, 0.25) is 0 Å². The quantitative estimate of drug-likeness (QED) is 0.777. The van der Waals surface area contributed by atoms with Gasteiger partial charge in [-0.2, -0.15) is 0 Å². The van der Waals surface area contributed by atoms with Crippen LogP contribution < -0.4 is 0 Å². The molecule has 0 aliphatic heterocycles. The Labute approximate surface area is 95.5 Å². The molecule has 1 aromatic heterocycles. The Hall–Kier alpha value is -1.28. The lowest BCUT2D eigenvalue weighted by molar-refractivity contribution is 0.253. The van der Waals surface area contributed by atoms with E-state index in [0.29, 0.717) is 5.92 Å². The molecule has 84 valence electrons. The molecule has 1 aliphatic rings. The minimum absolute atomic E-state index is 0.279. The average Bonchev–Trinajstić information content (AvgIpc) is 2.64. The Morgan fingerprint density at radius 3 is 3.00 bits per heavy atom. The maximum atomic E-state index is 9.50. The first kappa shape index (κ1) is 9.91. The maximum Gasteiger partial charge on any atom is 0.0500 e. The van der Waals surface area contributed by atoms with Crippen LogP contribution >= 0.6 is 0 Å². The fraction of sp³-hybridized carbons (Fsp3) is 0.429. The molecule has 1 unspecified atom stereocenters. The summed E-state index contributed by atoms with van der Waals surface area (Å²) in [5.74, 6) is 0.342. The van der Waals surface area contributed by atoms with Gasteiger partial charge in [0.15, 0.2) is 0 Å². The number of benzene rings is 1. The molecule has 1 N–H and O–H groups in total. The van der Waals surface area contributed by atoms with Crippen molar-refractivity contribution in [2.75, 3.05) is 6.61 Å². The summed E-state index contributed by atoms with van der Waals surface area (Å²) in [6.07, 6.45) is 3.47. The van der Waals surface area contributed by atoms with Crippen molar-refractivity contribution in [1.82, 2.24) is 4.57 Å². The number of nitrogens with zero attached hydrogens (tertiary/aromatic N) is 1. The van der Waals surface area contributed by atoms with E-state index in [9.17, 15) is 5.11 Å². The highest BCUT2D eigenvalue weighted by molar-refractivity contribution is 5.86. The van der Waals surface area contributed by atoms with Crippen molar-refractivity contribution in [2.24, 2.45) is 7.05 Å². The predicted octanol–water partition coefficient (Wildman–Crippen LogP) is 2.59. The van der Waals surface area contributed by atoms with E-state index in [-0.39, 0.29) is 6.61 Å². The third-order valence-electron chi connectivity index (χ3n) is 3.87. The lowest BCUT2D eigenvalue weighted by atomic mass is 9.86. The number of para-hydroxylation sites is 1. The first-order valence-electron chi connectivity index (χ1n) is 6.00. The molecule has 0 radical (unpaired) electrons. The van der Waals surface area contributed by atoms with Crippen LogP contribution in [0.4, 0.5) is 0 Å². The van der Waals surface area contributed by atoms with Crippen molar-refractivity contribution in [2.45, 2.75) is 25.2 Å². The summed E-state index contributed by atoms with van der Waals surface area (Å²) >= 11 is 0. The van der Waals surface area contributed by atoms with Gasteiger partial charge in [-0.1, -0.05) is 18.2 Å². The third-order valence-corrected chi connectivity index (χ3v) is 3.87. The second kappa shape index (κ2) is 3.63. The van der Waals surface area contributed by atoms with Gasteiger partial charge in [0.25, 0.3) is 0 Å². The molecule has 0 spiro atoms. The maximum absolute atomic E-state index is 9.50. The number of fused-ring (bicyclic) bond motifs is 3. The number of hydrogen-bond acceptors (Lipinski definition) is 1. The van der Waals surface area contributed by atoms with Gasteiger partial charge in [-0.25, -0.2) is 0 Å². The summed E-state index contributed by atoms with van der Waals surface area (Å²) in [4.78, 5) is 0. The summed E-state index contributed by atoms with van der Waals surface area (Å²) in [7, 11) is 2.14. The molecular formula is C14H17NO. The van der Waals surface area contributed by atoms with Crippen molar-refractivity contribution in [3.63, 3.8) is 0 Å². The molecule has 0 saturated carbocycles. The molecule has 0 saturated heterocycles. The van der Waals surface area contributed by atoms with Crippen molar-refractivity contribution >= 4 is 10.9 Å². The Balaban J connectivity index is 2.34. The van der Waals surface area contributed by atoms with Crippen molar-refractivity contribution in [1.29, 1.82) is 0 Å². The number of hydrogen-bond donors (Lipinski definition) is 1. The molecule has 1 atom stereocenters. The van der Waals surface area contributed by atoms with Gasteiger partial charge in [0.1, 0.15) is 0 Å². The van der Waals surface area contributed by atoms with Crippen LogP contribution in [0, 0.1) is 0 Å². The van der Waals surface area contributed by atoms with E-state index in [1.54, 1.807) is 0 Å². The van der Waals surface area contributed by atoms with E-state index in [2.05, 4.69) is 35.9 Å². The largest absolute Gasteiger partial charge is 0.396 e. The van der Waals surface area contributed by atoms with Gasteiger partial charge in [0, 0.05) is 29.6 Å². The van der Waals surface area contributed by atoms with Crippen LogP contribution in [0.1, 0.15) is 30.0 Å². The second-order valence-electron chi connectivity index (χ2n) is 4.71. The monoisotopic (exact) mass is 215 g/mol. The topological polar surface area (TPSA) is 25.2 Å². The molecule has 0 amide bonds. The van der Waals surface area contributed by atoms with Gasteiger partial charge in [-0.3, -0.25) is 0 Å². The predicted molar refractivity (Wildman–Crippen MR) is 65.7 cm³/mol. The minimum Gasteiger partial charge on any atom is -0.396 e. The fourth-order valence-electron chi connectivity index (χ4n) is 3.08. The molecule has 0 bridgehead atoms. The highest BCUT2D eigenvalue weighted by Gasteiger charge is 2.25. The SMILES string of the molecule is Cn1c2c(c3ccccc31)C(CO)CCC2. The number of aliphatic hydroxyl groups is 1. The van der Waals surface area contributed by atoms with Crippen molar-refractivity contribution < 1.29 is 5.11 Å². The lowest BCUT2D eigenvalue weighted by Crippen LogP contribution is -2.13. The molecule has 2 nitrogen and oxygen atoms in total. The third kappa shape index (κ3) is 1.23. The molecule has 1 aromatic carbocycles. The molecule has 1 heterocycles. The molecule has 16 heavy (non-hydrogen) atoms. The van der Waals surface area contributed by atoms with Gasteiger partial charge in [0.2, 0.25) is 0 Å². The molecule has 3 rings (SSSR count). The summed E-state index contributed by atoms with van der Waals surface area (Å²) in [5, 5.41) is 10.8. The van der Waals surface area contributed by atoms with E-state index in [1.807, 2.05) is 0 Å². The first-order valence-corrected chi connectivity index (χ1v) is 6.00. The van der Waals surface area contributed by atoms with Gasteiger partial charge >= 0.3 is 0 Å². The van der Waals surface area contributed by atoms with Crippen LogP contribution in [0.3, 0.4) is 0 Å². The van der Waals surface area contributed by atoms with Gasteiger partial charge in [-0.15, -0.1) is 0 Å². The Kier molecular flexibility index (Phi) is 2.25. The normalized spacial score (nSPS) is 20.0. The van der Waals surface area contributed by atoms with Gasteiger partial charge in [-0.05, 0) is 30.9 Å². The number of rotatable bonds is 1. The van der Waals surface area contributed by atoms with Gasteiger partial charge in [0.05, 0.1) is 6.61 Å². The fourth-order valence-corrected chi connectivity index (χ4v) is 3.08. The Morgan fingerprint density at radius 2 is 2.19 bits per heavy atom. The number of aryl methyl sites for hydroxylation is 1. The van der Waals surface area contributed by atoms with Crippen LogP contribution in [-0.2, 0) is 13.5 Å². The molecule has 1 aliphatic carbocycles. The summed E-state index contributed by atoms with van der Waals surface area (Å²) < 4.78 is 2.30. The first-order chi connectivity index (χ1) is 7.83. The zero-order valence-corrected chi connectivity index (χ0v) is 9.61. The molecule has 2 aromatic rings. The zero-order valence-electron chi connectivity index (χ0n) is 9.61. The molecular weight excluding hydrogens is 198 g/mol. The zero-order chi connectivity index (χ0) is 11.1. The lowest BCUT2D eigenvalue weighted by Gasteiger charge is -2.22. The summed E-state index contributed by atoms with van der Waals surface area (Å²) in [6.45, 7) is 0.279. The van der Waals surface area contributed by atoms with Crippen LogP contribution in [-0.4, -0.2) is 16.3 Å². The molecule has 2 heteroatoms. The van der Waals surface area contributed by atoms with Crippen LogP contribution in [0.25, 0.3) is 10.9 Å². The van der Waals surface area contributed by atoms with E-state index in [0.717, 1.165) is 12.8 Å². The average molecular weight is 215 g/mol. The van der Waals surface area contributed by atoms with E-state index in [4.69, 9.17) is 0 Å². The molecule has 0 fully saturated rings.